The van der Waals surface area contributed by atoms with E-state index in [1.165, 1.54) is 5.56 Å². The highest BCUT2D eigenvalue weighted by Crippen LogP contribution is 1.95. The average Bonchev–Trinajstić information content (AvgIpc) is 2.03. The van der Waals surface area contributed by atoms with Crippen molar-refractivity contribution in [3.63, 3.8) is 0 Å². The summed E-state index contributed by atoms with van der Waals surface area (Å²) in [6.07, 6.45) is 0. The summed E-state index contributed by atoms with van der Waals surface area (Å²) in [6.45, 7) is 4.10. The largest absolute Gasteiger partial charge is 0.313 e. The van der Waals surface area contributed by atoms with Crippen LogP contribution in [0, 0.1) is 6.07 Å². The molecule has 0 amide bonds. The normalized spacial score (nSPS) is 9.70. The lowest BCUT2D eigenvalue weighted by Gasteiger charge is -1.99. The van der Waals surface area contributed by atoms with Crippen molar-refractivity contribution in [1.82, 2.24) is 5.32 Å². The van der Waals surface area contributed by atoms with Crippen molar-refractivity contribution in [1.29, 1.82) is 0 Å². The van der Waals surface area contributed by atoms with Gasteiger partial charge in [0.1, 0.15) is 0 Å². The fraction of sp³-hybridized carbons (Fsp3) is 0.333. The number of hydrogen-bond donors (Lipinski definition) is 1. The molecule has 0 atom stereocenters. The molecule has 53 valence electrons. The van der Waals surface area contributed by atoms with Crippen molar-refractivity contribution in [2.45, 2.75) is 13.5 Å². The fourth-order valence-electron chi connectivity index (χ4n) is 0.809. The van der Waals surface area contributed by atoms with Gasteiger partial charge in [0, 0.05) is 6.54 Å². The van der Waals surface area contributed by atoms with E-state index < -0.39 is 0 Å². The molecule has 0 aromatic heterocycles. The molecule has 1 nitrogen and oxygen atoms in total. The lowest BCUT2D eigenvalue weighted by atomic mass is 10.2. The van der Waals surface area contributed by atoms with Crippen LogP contribution in [0.1, 0.15) is 12.5 Å². The molecule has 0 aliphatic heterocycles. The van der Waals surface area contributed by atoms with Gasteiger partial charge in [-0.05, 0) is 18.2 Å². The Bertz CT molecular complexity index is 169. The molecule has 1 heteroatoms. The first-order valence-corrected chi connectivity index (χ1v) is 3.59. The zero-order valence-corrected chi connectivity index (χ0v) is 6.22. The lowest BCUT2D eigenvalue weighted by molar-refractivity contribution is 0.727. The summed E-state index contributed by atoms with van der Waals surface area (Å²) >= 11 is 0. The summed E-state index contributed by atoms with van der Waals surface area (Å²) in [5.74, 6) is 0. The highest BCUT2D eigenvalue weighted by Gasteiger charge is 1.85. The second-order valence-corrected chi connectivity index (χ2v) is 2.19. The van der Waals surface area contributed by atoms with Gasteiger partial charge in [-0.3, -0.25) is 0 Å². The van der Waals surface area contributed by atoms with Crippen molar-refractivity contribution in [3.05, 3.63) is 35.9 Å². The zero-order chi connectivity index (χ0) is 7.23. The van der Waals surface area contributed by atoms with Crippen molar-refractivity contribution in [2.24, 2.45) is 0 Å². The van der Waals surface area contributed by atoms with Crippen LogP contribution in [0.25, 0.3) is 0 Å². The minimum Gasteiger partial charge on any atom is -0.313 e. The summed E-state index contributed by atoms with van der Waals surface area (Å²) in [4.78, 5) is 0. The third-order valence-electron chi connectivity index (χ3n) is 1.37. The van der Waals surface area contributed by atoms with E-state index in [9.17, 15) is 0 Å². The molecule has 1 aromatic carbocycles. The van der Waals surface area contributed by atoms with Gasteiger partial charge in [0.2, 0.25) is 0 Å². The quantitative estimate of drug-likeness (QED) is 0.662. The van der Waals surface area contributed by atoms with E-state index >= 15 is 0 Å². The Hall–Kier alpha value is -0.820. The van der Waals surface area contributed by atoms with Crippen LogP contribution in [0.15, 0.2) is 24.3 Å². The summed E-state index contributed by atoms with van der Waals surface area (Å²) in [5, 5.41) is 3.25. The maximum atomic E-state index is 3.25. The van der Waals surface area contributed by atoms with Crippen LogP contribution >= 0.6 is 0 Å². The zero-order valence-electron chi connectivity index (χ0n) is 6.22. The molecule has 0 spiro atoms. The van der Waals surface area contributed by atoms with Gasteiger partial charge in [-0.15, -0.1) is 0 Å². The molecule has 0 aliphatic rings. The van der Waals surface area contributed by atoms with Gasteiger partial charge < -0.3 is 5.32 Å². The first kappa shape index (κ1) is 7.29. The summed E-state index contributed by atoms with van der Waals surface area (Å²) in [6, 6.07) is 11.0. The van der Waals surface area contributed by atoms with Crippen LogP contribution in [0.2, 0.25) is 0 Å². The smallest absolute Gasteiger partial charge is 0.0205 e. The van der Waals surface area contributed by atoms with Crippen molar-refractivity contribution < 1.29 is 0 Å². The molecular weight excluding hydrogens is 122 g/mol. The first-order valence-electron chi connectivity index (χ1n) is 3.59. The van der Waals surface area contributed by atoms with E-state index in [4.69, 9.17) is 0 Å². The Balaban J connectivity index is 2.43. The topological polar surface area (TPSA) is 12.0 Å². The van der Waals surface area contributed by atoms with Crippen LogP contribution in [-0.2, 0) is 6.54 Å². The molecule has 0 heterocycles. The van der Waals surface area contributed by atoms with Gasteiger partial charge in [0.05, 0.1) is 0 Å². The van der Waals surface area contributed by atoms with E-state index in [1.807, 2.05) is 12.1 Å². The summed E-state index contributed by atoms with van der Waals surface area (Å²) < 4.78 is 0. The molecule has 0 saturated carbocycles. The molecule has 0 aliphatic carbocycles. The van der Waals surface area contributed by atoms with Gasteiger partial charge in [-0.25, -0.2) is 0 Å². The Morgan fingerprint density at radius 2 is 2.10 bits per heavy atom. The van der Waals surface area contributed by atoms with Gasteiger partial charge in [-0.1, -0.05) is 31.2 Å². The number of rotatable bonds is 3. The van der Waals surface area contributed by atoms with Gasteiger partial charge >= 0.3 is 0 Å². The van der Waals surface area contributed by atoms with Gasteiger partial charge in [-0.2, -0.15) is 0 Å². The molecule has 1 rings (SSSR count). The van der Waals surface area contributed by atoms with E-state index in [-0.39, 0.29) is 0 Å². The molecular formula is C9H12N. The second kappa shape index (κ2) is 4.07. The molecule has 1 N–H and O–H groups in total. The van der Waals surface area contributed by atoms with Gasteiger partial charge in [0.15, 0.2) is 0 Å². The molecule has 0 saturated heterocycles. The van der Waals surface area contributed by atoms with Crippen molar-refractivity contribution in [3.8, 4) is 0 Å². The maximum Gasteiger partial charge on any atom is 0.0205 e. The van der Waals surface area contributed by atoms with E-state index in [0.29, 0.717) is 0 Å². The number of benzene rings is 1. The highest BCUT2D eigenvalue weighted by atomic mass is 14.8. The van der Waals surface area contributed by atoms with Crippen LogP contribution in [0.4, 0.5) is 0 Å². The molecule has 1 aromatic rings. The van der Waals surface area contributed by atoms with Gasteiger partial charge in [0.25, 0.3) is 0 Å². The fourth-order valence-corrected chi connectivity index (χ4v) is 0.809. The summed E-state index contributed by atoms with van der Waals surface area (Å²) in [7, 11) is 0. The Morgan fingerprint density at radius 1 is 1.40 bits per heavy atom. The predicted molar refractivity (Wildman–Crippen MR) is 42.7 cm³/mol. The third kappa shape index (κ3) is 2.19. The first-order chi connectivity index (χ1) is 4.93. The maximum absolute atomic E-state index is 3.25. The number of hydrogen-bond acceptors (Lipinski definition) is 1. The Labute approximate surface area is 62.1 Å². The van der Waals surface area contributed by atoms with Crippen LogP contribution in [-0.4, -0.2) is 6.54 Å². The van der Waals surface area contributed by atoms with Crippen molar-refractivity contribution >= 4 is 0 Å². The van der Waals surface area contributed by atoms with Crippen LogP contribution in [0.3, 0.4) is 0 Å². The highest BCUT2D eigenvalue weighted by molar-refractivity contribution is 5.13. The predicted octanol–water partition coefficient (Wildman–Crippen LogP) is 1.60. The van der Waals surface area contributed by atoms with E-state index in [1.54, 1.807) is 0 Å². The SMILES string of the molecule is CCNCc1cc[c]cc1. The molecule has 10 heavy (non-hydrogen) atoms. The van der Waals surface area contributed by atoms with E-state index in [2.05, 4.69) is 30.4 Å². The molecule has 0 fully saturated rings. The monoisotopic (exact) mass is 134 g/mol. The Morgan fingerprint density at radius 3 is 2.70 bits per heavy atom. The summed E-state index contributed by atoms with van der Waals surface area (Å²) in [5.41, 5.74) is 1.32. The molecule has 1 radical (unpaired) electrons. The average molecular weight is 134 g/mol. The minimum absolute atomic E-state index is 0.963. The van der Waals surface area contributed by atoms with Crippen molar-refractivity contribution in [2.75, 3.05) is 6.54 Å². The second-order valence-electron chi connectivity index (χ2n) is 2.19. The lowest BCUT2D eigenvalue weighted by Crippen LogP contribution is -2.11. The Kier molecular flexibility index (Phi) is 2.97. The standard InChI is InChI=1S/C9H12N/c1-2-10-8-9-6-4-3-5-7-9/h4-7,10H,2,8H2,1H3. The van der Waals surface area contributed by atoms with Crippen LogP contribution in [0.5, 0.6) is 0 Å². The minimum atomic E-state index is 0.963. The number of nitrogens with one attached hydrogen (secondary N) is 1. The third-order valence-corrected chi connectivity index (χ3v) is 1.37. The molecule has 0 bridgehead atoms. The van der Waals surface area contributed by atoms with E-state index in [0.717, 1.165) is 13.1 Å². The molecule has 0 unspecified atom stereocenters. The van der Waals surface area contributed by atoms with Crippen LogP contribution < -0.4 is 5.32 Å².